The zero-order valence-corrected chi connectivity index (χ0v) is 19.4. The van der Waals surface area contributed by atoms with E-state index in [1.54, 1.807) is 12.1 Å². The first-order chi connectivity index (χ1) is 15.9. The summed E-state index contributed by atoms with van der Waals surface area (Å²) >= 11 is 0. The van der Waals surface area contributed by atoms with Gasteiger partial charge in [0.1, 0.15) is 11.5 Å². The largest absolute Gasteiger partial charge is 0.378 e. The van der Waals surface area contributed by atoms with Crippen LogP contribution in [0.1, 0.15) is 35.3 Å². The molecule has 0 bridgehead atoms. The van der Waals surface area contributed by atoms with Crippen molar-refractivity contribution in [3.05, 3.63) is 71.0 Å². The molecule has 0 spiro atoms. The number of rotatable bonds is 7. The molecule has 4 rings (SSSR count). The quantitative estimate of drug-likeness (QED) is 0.510. The van der Waals surface area contributed by atoms with Crippen molar-refractivity contribution in [2.75, 3.05) is 37.7 Å². The van der Waals surface area contributed by atoms with E-state index in [1.165, 1.54) is 12.1 Å². The molecule has 0 radical (unpaired) electrons. The van der Waals surface area contributed by atoms with Crippen molar-refractivity contribution in [2.45, 2.75) is 27.3 Å². The molecule has 0 atom stereocenters. The van der Waals surface area contributed by atoms with E-state index in [0.29, 0.717) is 56.5 Å². The lowest BCUT2D eigenvalue weighted by atomic mass is 10.0. The van der Waals surface area contributed by atoms with Crippen LogP contribution in [0.15, 0.2) is 53.1 Å². The fourth-order valence-corrected chi connectivity index (χ4v) is 4.13. The van der Waals surface area contributed by atoms with Crippen molar-refractivity contribution in [1.82, 2.24) is 10.1 Å². The fraction of sp³-hybridized carbons (Fsp3) is 0.385. The molecule has 1 aromatic heterocycles. The Bertz CT molecular complexity index is 1090. The second-order valence-corrected chi connectivity index (χ2v) is 8.82. The van der Waals surface area contributed by atoms with Gasteiger partial charge in [0.05, 0.1) is 25.3 Å². The van der Waals surface area contributed by atoms with Gasteiger partial charge in [-0.1, -0.05) is 37.2 Å². The highest BCUT2D eigenvalue weighted by atomic mass is 19.1. The smallest absolute Gasteiger partial charge is 0.254 e. The van der Waals surface area contributed by atoms with Crippen molar-refractivity contribution in [3.63, 3.8) is 0 Å². The third-order valence-corrected chi connectivity index (χ3v) is 5.78. The highest BCUT2D eigenvalue weighted by Crippen LogP contribution is 2.33. The van der Waals surface area contributed by atoms with E-state index in [1.807, 2.05) is 36.1 Å². The number of halogens is 1. The van der Waals surface area contributed by atoms with Crippen molar-refractivity contribution in [2.24, 2.45) is 5.92 Å². The normalized spacial score (nSPS) is 14.0. The first-order valence-electron chi connectivity index (χ1n) is 11.4. The molecule has 0 unspecified atom stereocenters. The van der Waals surface area contributed by atoms with Crippen LogP contribution in [0.5, 0.6) is 0 Å². The Kier molecular flexibility index (Phi) is 7.08. The number of aromatic nitrogens is 1. The molecule has 0 aliphatic carbocycles. The molecule has 3 aromatic rings. The number of morpholine rings is 1. The fourth-order valence-electron chi connectivity index (χ4n) is 4.13. The predicted octanol–water partition coefficient (Wildman–Crippen LogP) is 4.92. The molecule has 174 valence electrons. The second-order valence-electron chi connectivity index (χ2n) is 8.82. The van der Waals surface area contributed by atoms with E-state index >= 15 is 0 Å². The second kappa shape index (κ2) is 10.2. The standard InChI is InChI=1S/C26H30FN3O3/c1-18(2)16-30(25(31)22-7-5-4-6-19(22)3)17-23-24(20-8-10-21(27)11-9-20)28-33-26(23)29-12-14-32-15-13-29/h4-11,18H,12-17H2,1-3H3. The third-order valence-electron chi connectivity index (χ3n) is 5.78. The number of hydrogen-bond acceptors (Lipinski definition) is 5. The SMILES string of the molecule is Cc1ccccc1C(=O)N(Cc1c(-c2ccc(F)cc2)noc1N1CCOCC1)CC(C)C. The molecule has 1 saturated heterocycles. The maximum absolute atomic E-state index is 13.6. The molecule has 2 aromatic carbocycles. The Morgan fingerprint density at radius 2 is 1.82 bits per heavy atom. The van der Waals surface area contributed by atoms with Crippen LogP contribution in [0.4, 0.5) is 10.3 Å². The molecule has 33 heavy (non-hydrogen) atoms. The van der Waals surface area contributed by atoms with Crippen LogP contribution in [0.3, 0.4) is 0 Å². The Morgan fingerprint density at radius 3 is 2.48 bits per heavy atom. The first-order valence-corrected chi connectivity index (χ1v) is 11.4. The Labute approximate surface area is 193 Å². The van der Waals surface area contributed by atoms with Crippen LogP contribution in [0, 0.1) is 18.7 Å². The van der Waals surface area contributed by atoms with Gasteiger partial charge in [0, 0.05) is 30.8 Å². The molecule has 0 saturated carbocycles. The van der Waals surface area contributed by atoms with Crippen LogP contribution in [-0.4, -0.2) is 48.8 Å². The topological polar surface area (TPSA) is 58.8 Å². The van der Waals surface area contributed by atoms with Gasteiger partial charge in [-0.05, 0) is 48.7 Å². The third kappa shape index (κ3) is 5.25. The van der Waals surface area contributed by atoms with Gasteiger partial charge in [0.15, 0.2) is 0 Å². The van der Waals surface area contributed by atoms with Gasteiger partial charge in [-0.3, -0.25) is 4.79 Å². The number of nitrogens with zero attached hydrogens (tertiary/aromatic N) is 3. The van der Waals surface area contributed by atoms with Crippen molar-refractivity contribution < 1.29 is 18.4 Å². The van der Waals surface area contributed by atoms with Gasteiger partial charge in [0.2, 0.25) is 5.88 Å². The minimum absolute atomic E-state index is 0.0269. The molecule has 6 nitrogen and oxygen atoms in total. The van der Waals surface area contributed by atoms with Crippen molar-refractivity contribution >= 4 is 11.8 Å². The molecular weight excluding hydrogens is 421 g/mol. The molecule has 1 aliphatic heterocycles. The zero-order valence-electron chi connectivity index (χ0n) is 19.4. The maximum Gasteiger partial charge on any atom is 0.254 e. The summed E-state index contributed by atoms with van der Waals surface area (Å²) < 4.78 is 24.9. The van der Waals surface area contributed by atoms with E-state index in [9.17, 15) is 9.18 Å². The lowest BCUT2D eigenvalue weighted by Crippen LogP contribution is -2.38. The monoisotopic (exact) mass is 451 g/mol. The summed E-state index contributed by atoms with van der Waals surface area (Å²) in [5, 5.41) is 4.36. The van der Waals surface area contributed by atoms with Gasteiger partial charge in [-0.25, -0.2) is 4.39 Å². The maximum atomic E-state index is 13.6. The molecule has 1 aliphatic rings. The van der Waals surface area contributed by atoms with Crippen LogP contribution in [0.25, 0.3) is 11.3 Å². The summed E-state index contributed by atoms with van der Waals surface area (Å²) in [7, 11) is 0. The number of ether oxygens (including phenoxy) is 1. The molecular formula is C26H30FN3O3. The van der Waals surface area contributed by atoms with Gasteiger partial charge in [0.25, 0.3) is 5.91 Å². The Hall–Kier alpha value is -3.19. The lowest BCUT2D eigenvalue weighted by molar-refractivity contribution is 0.0721. The highest BCUT2D eigenvalue weighted by Gasteiger charge is 2.28. The molecule has 1 amide bonds. The number of amides is 1. The number of carbonyl (C=O) groups is 1. The number of aryl methyl sites for hydroxylation is 1. The van der Waals surface area contributed by atoms with E-state index < -0.39 is 0 Å². The summed E-state index contributed by atoms with van der Waals surface area (Å²) in [6.07, 6.45) is 0. The summed E-state index contributed by atoms with van der Waals surface area (Å²) in [5.41, 5.74) is 3.83. The van der Waals surface area contributed by atoms with E-state index in [0.717, 1.165) is 16.7 Å². The summed E-state index contributed by atoms with van der Waals surface area (Å²) in [6, 6.07) is 13.8. The Morgan fingerprint density at radius 1 is 1.12 bits per heavy atom. The minimum atomic E-state index is -0.312. The van der Waals surface area contributed by atoms with Gasteiger partial charge < -0.3 is 19.1 Å². The van der Waals surface area contributed by atoms with Crippen LogP contribution < -0.4 is 4.90 Å². The van der Waals surface area contributed by atoms with Crippen LogP contribution in [-0.2, 0) is 11.3 Å². The zero-order chi connectivity index (χ0) is 23.4. The van der Waals surface area contributed by atoms with Crippen molar-refractivity contribution in [1.29, 1.82) is 0 Å². The van der Waals surface area contributed by atoms with E-state index in [-0.39, 0.29) is 17.6 Å². The predicted molar refractivity (Wildman–Crippen MR) is 126 cm³/mol. The molecule has 2 heterocycles. The van der Waals surface area contributed by atoms with E-state index in [2.05, 4.69) is 23.9 Å². The average molecular weight is 452 g/mol. The minimum Gasteiger partial charge on any atom is -0.378 e. The molecule has 7 heteroatoms. The number of anilines is 1. The first kappa shape index (κ1) is 23.0. The van der Waals surface area contributed by atoms with Crippen LogP contribution in [0.2, 0.25) is 0 Å². The summed E-state index contributed by atoms with van der Waals surface area (Å²) in [4.78, 5) is 17.6. The van der Waals surface area contributed by atoms with Gasteiger partial charge in [-0.15, -0.1) is 0 Å². The van der Waals surface area contributed by atoms with Gasteiger partial charge >= 0.3 is 0 Å². The molecule has 1 fully saturated rings. The lowest BCUT2D eigenvalue weighted by Gasteiger charge is -2.29. The summed E-state index contributed by atoms with van der Waals surface area (Å²) in [5.74, 6) is 0.581. The number of carbonyl (C=O) groups excluding carboxylic acids is 1. The number of hydrogen-bond donors (Lipinski definition) is 0. The molecule has 0 N–H and O–H groups in total. The summed E-state index contributed by atoms with van der Waals surface area (Å²) in [6.45, 7) is 9.63. The Balaban J connectivity index is 1.75. The highest BCUT2D eigenvalue weighted by molar-refractivity contribution is 5.95. The average Bonchev–Trinajstić information content (AvgIpc) is 3.23. The van der Waals surface area contributed by atoms with Crippen LogP contribution >= 0.6 is 0 Å². The van der Waals surface area contributed by atoms with Gasteiger partial charge in [-0.2, -0.15) is 0 Å². The van der Waals surface area contributed by atoms with E-state index in [4.69, 9.17) is 9.26 Å². The number of benzene rings is 2. The van der Waals surface area contributed by atoms with Crippen molar-refractivity contribution in [3.8, 4) is 11.3 Å².